The standard InChI is InChI=1S/C21H17N3O4/c1-27-20(25)19(24-21(26)28-13-14-5-3-2-4-6-14)10-15-7-8-18-17(9-15)16(11-22)12-23-18/h2-10,12,23H,13H2,1H3,(H,24,26). The average molecular weight is 375 g/mol. The summed E-state index contributed by atoms with van der Waals surface area (Å²) in [5.41, 5.74) is 2.65. The number of methoxy groups -OCH3 is 1. The second-order valence-corrected chi connectivity index (χ2v) is 5.86. The molecule has 3 rings (SSSR count). The fourth-order valence-electron chi connectivity index (χ4n) is 2.61. The molecule has 0 aliphatic heterocycles. The molecule has 1 heterocycles. The predicted molar refractivity (Wildman–Crippen MR) is 103 cm³/mol. The van der Waals surface area contributed by atoms with Crippen LogP contribution in [0.2, 0.25) is 0 Å². The second-order valence-electron chi connectivity index (χ2n) is 5.86. The molecule has 140 valence electrons. The van der Waals surface area contributed by atoms with Gasteiger partial charge in [0, 0.05) is 17.1 Å². The Morgan fingerprint density at radius 1 is 1.21 bits per heavy atom. The number of alkyl carbamates (subject to hydrolysis) is 1. The van der Waals surface area contributed by atoms with E-state index in [0.29, 0.717) is 16.5 Å². The molecule has 1 aromatic heterocycles. The van der Waals surface area contributed by atoms with E-state index in [1.165, 1.54) is 13.2 Å². The van der Waals surface area contributed by atoms with Crippen molar-refractivity contribution in [1.82, 2.24) is 10.3 Å². The summed E-state index contributed by atoms with van der Waals surface area (Å²) >= 11 is 0. The highest BCUT2D eigenvalue weighted by Gasteiger charge is 2.15. The van der Waals surface area contributed by atoms with Gasteiger partial charge in [-0.25, -0.2) is 9.59 Å². The molecule has 2 aromatic carbocycles. The van der Waals surface area contributed by atoms with E-state index in [9.17, 15) is 9.59 Å². The molecule has 28 heavy (non-hydrogen) atoms. The maximum atomic E-state index is 12.1. The predicted octanol–water partition coefficient (Wildman–Crippen LogP) is 3.48. The van der Waals surface area contributed by atoms with Crippen molar-refractivity contribution in [2.45, 2.75) is 6.61 Å². The Morgan fingerprint density at radius 2 is 2.00 bits per heavy atom. The van der Waals surface area contributed by atoms with Crippen LogP contribution in [0.1, 0.15) is 16.7 Å². The number of aromatic amines is 1. The summed E-state index contributed by atoms with van der Waals surface area (Å²) in [6.07, 6.45) is 2.29. The number of esters is 1. The van der Waals surface area contributed by atoms with Crippen molar-refractivity contribution in [3.05, 3.63) is 77.1 Å². The molecule has 1 amide bonds. The van der Waals surface area contributed by atoms with Gasteiger partial charge >= 0.3 is 12.1 Å². The molecule has 0 atom stereocenters. The number of carbonyl (C=O) groups is 2. The van der Waals surface area contributed by atoms with E-state index in [0.717, 1.165) is 11.1 Å². The number of aromatic nitrogens is 1. The van der Waals surface area contributed by atoms with Crippen LogP contribution in [0.25, 0.3) is 17.0 Å². The topological polar surface area (TPSA) is 104 Å². The van der Waals surface area contributed by atoms with Gasteiger partial charge in [-0.2, -0.15) is 5.26 Å². The van der Waals surface area contributed by atoms with Gasteiger partial charge in [0.15, 0.2) is 0 Å². The SMILES string of the molecule is COC(=O)C(=Cc1ccc2[nH]cc(C#N)c2c1)NC(=O)OCc1ccccc1. The highest BCUT2D eigenvalue weighted by atomic mass is 16.6. The number of amides is 1. The summed E-state index contributed by atoms with van der Waals surface area (Å²) in [5, 5.41) is 12.3. The second kappa shape index (κ2) is 8.56. The maximum Gasteiger partial charge on any atom is 0.412 e. The van der Waals surface area contributed by atoms with Crippen molar-refractivity contribution in [3.63, 3.8) is 0 Å². The summed E-state index contributed by atoms with van der Waals surface area (Å²) in [4.78, 5) is 27.1. The van der Waals surface area contributed by atoms with Gasteiger partial charge in [-0.3, -0.25) is 5.32 Å². The van der Waals surface area contributed by atoms with Crippen LogP contribution in [0.5, 0.6) is 0 Å². The Hall–Kier alpha value is -4.05. The molecular weight excluding hydrogens is 358 g/mol. The summed E-state index contributed by atoms with van der Waals surface area (Å²) in [5.74, 6) is -0.716. The van der Waals surface area contributed by atoms with Gasteiger partial charge in [0.25, 0.3) is 0 Å². The number of rotatable bonds is 5. The van der Waals surface area contributed by atoms with Crippen molar-refractivity contribution in [1.29, 1.82) is 5.26 Å². The number of H-pyrrole nitrogens is 1. The molecule has 0 aliphatic carbocycles. The largest absolute Gasteiger partial charge is 0.464 e. The van der Waals surface area contributed by atoms with E-state index in [4.69, 9.17) is 14.7 Å². The maximum absolute atomic E-state index is 12.1. The lowest BCUT2D eigenvalue weighted by molar-refractivity contribution is -0.136. The van der Waals surface area contributed by atoms with Crippen molar-refractivity contribution in [2.75, 3.05) is 7.11 Å². The van der Waals surface area contributed by atoms with Crippen LogP contribution in [0.3, 0.4) is 0 Å². The lowest BCUT2D eigenvalue weighted by Gasteiger charge is -2.09. The lowest BCUT2D eigenvalue weighted by atomic mass is 10.1. The molecule has 0 spiro atoms. The van der Waals surface area contributed by atoms with E-state index in [1.54, 1.807) is 24.4 Å². The van der Waals surface area contributed by atoms with Gasteiger partial charge in [-0.1, -0.05) is 36.4 Å². The molecule has 0 saturated carbocycles. The number of nitrogens with one attached hydrogen (secondary N) is 2. The minimum Gasteiger partial charge on any atom is -0.464 e. The van der Waals surface area contributed by atoms with Crippen LogP contribution in [-0.2, 0) is 20.9 Å². The van der Waals surface area contributed by atoms with E-state index in [1.807, 2.05) is 30.3 Å². The molecule has 7 nitrogen and oxygen atoms in total. The molecule has 0 saturated heterocycles. The van der Waals surface area contributed by atoms with Gasteiger partial charge < -0.3 is 14.5 Å². The number of hydrogen-bond donors (Lipinski definition) is 2. The quantitative estimate of drug-likeness (QED) is 0.525. The first kappa shape index (κ1) is 18.7. The van der Waals surface area contributed by atoms with Crippen LogP contribution in [-0.4, -0.2) is 24.2 Å². The Bertz CT molecular complexity index is 1080. The summed E-state index contributed by atoms with van der Waals surface area (Å²) in [7, 11) is 1.22. The van der Waals surface area contributed by atoms with Crippen LogP contribution >= 0.6 is 0 Å². The minimum atomic E-state index is -0.777. The number of nitrogens with zero attached hydrogens (tertiary/aromatic N) is 1. The molecule has 0 aliphatic rings. The van der Waals surface area contributed by atoms with E-state index in [-0.39, 0.29) is 12.3 Å². The summed E-state index contributed by atoms with van der Waals surface area (Å²) in [6, 6.07) is 16.5. The molecule has 0 unspecified atom stereocenters. The zero-order valence-electron chi connectivity index (χ0n) is 15.1. The van der Waals surface area contributed by atoms with Crippen molar-refractivity contribution < 1.29 is 19.1 Å². The van der Waals surface area contributed by atoms with Gasteiger partial charge in [0.2, 0.25) is 0 Å². The molecule has 2 N–H and O–H groups in total. The number of ether oxygens (including phenoxy) is 2. The first-order valence-electron chi connectivity index (χ1n) is 8.39. The number of nitriles is 1. The first-order valence-corrected chi connectivity index (χ1v) is 8.39. The molecule has 0 radical (unpaired) electrons. The normalized spacial score (nSPS) is 10.9. The van der Waals surface area contributed by atoms with Gasteiger partial charge in [-0.05, 0) is 29.3 Å². The third kappa shape index (κ3) is 4.37. The Balaban J connectivity index is 1.78. The van der Waals surface area contributed by atoms with Crippen LogP contribution < -0.4 is 5.32 Å². The minimum absolute atomic E-state index is 0.0714. The van der Waals surface area contributed by atoms with Gasteiger partial charge in [0.1, 0.15) is 18.4 Å². The monoisotopic (exact) mass is 375 g/mol. The number of carbonyl (C=O) groups excluding carboxylic acids is 2. The average Bonchev–Trinajstić information content (AvgIpc) is 3.14. The van der Waals surface area contributed by atoms with Crippen LogP contribution in [0.15, 0.2) is 60.4 Å². The first-order chi connectivity index (χ1) is 13.6. The molecular formula is C21H17N3O4. The van der Waals surface area contributed by atoms with Crippen LogP contribution in [0.4, 0.5) is 4.79 Å². The smallest absolute Gasteiger partial charge is 0.412 e. The van der Waals surface area contributed by atoms with E-state index < -0.39 is 12.1 Å². The number of hydrogen-bond acceptors (Lipinski definition) is 5. The number of fused-ring (bicyclic) bond motifs is 1. The fourth-order valence-corrected chi connectivity index (χ4v) is 2.61. The highest BCUT2D eigenvalue weighted by molar-refractivity contribution is 5.97. The fraction of sp³-hybridized carbons (Fsp3) is 0.0952. The molecule has 7 heteroatoms. The van der Waals surface area contributed by atoms with Gasteiger partial charge in [0.05, 0.1) is 12.7 Å². The molecule has 3 aromatic rings. The van der Waals surface area contributed by atoms with Crippen molar-refractivity contribution >= 4 is 29.0 Å². The summed E-state index contributed by atoms with van der Waals surface area (Å²) < 4.78 is 9.87. The van der Waals surface area contributed by atoms with Crippen molar-refractivity contribution in [2.24, 2.45) is 0 Å². The summed E-state index contributed by atoms with van der Waals surface area (Å²) in [6.45, 7) is 0.0714. The Labute approximate surface area is 161 Å². The van der Waals surface area contributed by atoms with E-state index in [2.05, 4.69) is 16.4 Å². The van der Waals surface area contributed by atoms with Gasteiger partial charge in [-0.15, -0.1) is 0 Å². The lowest BCUT2D eigenvalue weighted by Crippen LogP contribution is -2.28. The third-order valence-electron chi connectivity index (χ3n) is 3.99. The molecule has 0 bridgehead atoms. The Morgan fingerprint density at radius 3 is 2.71 bits per heavy atom. The molecule has 0 fully saturated rings. The van der Waals surface area contributed by atoms with Crippen LogP contribution in [0, 0.1) is 11.3 Å². The number of benzene rings is 2. The van der Waals surface area contributed by atoms with E-state index >= 15 is 0 Å². The highest BCUT2D eigenvalue weighted by Crippen LogP contribution is 2.20. The Kier molecular flexibility index (Phi) is 5.72. The zero-order chi connectivity index (χ0) is 19.9. The zero-order valence-corrected chi connectivity index (χ0v) is 15.1. The third-order valence-corrected chi connectivity index (χ3v) is 3.99. The van der Waals surface area contributed by atoms with Crippen molar-refractivity contribution in [3.8, 4) is 6.07 Å².